The first kappa shape index (κ1) is 9.71. The molecule has 0 saturated carbocycles. The lowest BCUT2D eigenvalue weighted by atomic mass is 10.3. The molecule has 1 aliphatic heterocycles. The second-order valence-electron chi connectivity index (χ2n) is 3.10. The summed E-state index contributed by atoms with van der Waals surface area (Å²) < 4.78 is 5.30. The largest absolute Gasteiger partial charge is 0.465 e. The first-order valence-electron chi connectivity index (χ1n) is 4.88. The molecule has 1 aromatic rings. The average Bonchev–Trinajstić information content (AvgIpc) is 2.62. The molecule has 0 saturated heterocycles. The third kappa shape index (κ3) is 1.83. The van der Waals surface area contributed by atoms with E-state index in [1.54, 1.807) is 0 Å². The molecule has 78 valence electrons. The minimum absolute atomic E-state index is 0.0512. The van der Waals surface area contributed by atoms with Crippen molar-refractivity contribution < 1.29 is 9.53 Å². The Morgan fingerprint density at radius 2 is 2.13 bits per heavy atom. The summed E-state index contributed by atoms with van der Waals surface area (Å²) in [5, 5.41) is 0. The van der Waals surface area contributed by atoms with Gasteiger partial charge in [0.15, 0.2) is 0 Å². The van der Waals surface area contributed by atoms with Crippen LogP contribution in [0.2, 0.25) is 0 Å². The van der Waals surface area contributed by atoms with Crippen LogP contribution in [0.3, 0.4) is 0 Å². The predicted octanol–water partition coefficient (Wildman–Crippen LogP) is 1.43. The van der Waals surface area contributed by atoms with Crippen LogP contribution >= 0.6 is 0 Å². The molecular formula is C11H12N2O2. The van der Waals surface area contributed by atoms with Crippen molar-refractivity contribution in [3.63, 3.8) is 0 Å². The number of hydrogen-bond acceptors (Lipinski definition) is 3. The molecule has 4 nitrogen and oxygen atoms in total. The van der Waals surface area contributed by atoms with Crippen LogP contribution in [0.4, 0.5) is 5.69 Å². The van der Waals surface area contributed by atoms with Gasteiger partial charge in [0, 0.05) is 0 Å². The fourth-order valence-electron chi connectivity index (χ4n) is 1.45. The van der Waals surface area contributed by atoms with Crippen LogP contribution < -0.4 is 4.90 Å². The van der Waals surface area contributed by atoms with Gasteiger partial charge < -0.3 is 4.74 Å². The highest BCUT2D eigenvalue weighted by molar-refractivity contribution is 6.18. The first-order chi connectivity index (χ1) is 7.33. The van der Waals surface area contributed by atoms with E-state index in [4.69, 9.17) is 4.74 Å². The standard InChI is InChI=1S/C11H12N2O2/c1-2-15-11-12-8-10(14)13(11)9-6-4-3-5-7-9/h3-7H,2,8H2,1H3. The van der Waals surface area contributed by atoms with Crippen molar-refractivity contribution in [1.29, 1.82) is 0 Å². The van der Waals surface area contributed by atoms with Crippen LogP contribution in [-0.4, -0.2) is 25.1 Å². The molecule has 1 aliphatic rings. The number of hydrogen-bond donors (Lipinski definition) is 0. The summed E-state index contributed by atoms with van der Waals surface area (Å²) in [5.74, 6) is -0.0512. The number of amidine groups is 1. The van der Waals surface area contributed by atoms with Gasteiger partial charge in [0.05, 0.1) is 12.3 Å². The van der Waals surface area contributed by atoms with Gasteiger partial charge >= 0.3 is 0 Å². The molecular weight excluding hydrogens is 192 g/mol. The Bertz CT molecular complexity index is 387. The Hall–Kier alpha value is -1.84. The van der Waals surface area contributed by atoms with Crippen LogP contribution in [0.5, 0.6) is 0 Å². The SMILES string of the molecule is CCOC1=NCC(=O)N1c1ccccc1. The van der Waals surface area contributed by atoms with E-state index in [2.05, 4.69) is 4.99 Å². The molecule has 0 unspecified atom stereocenters. The monoisotopic (exact) mass is 204 g/mol. The van der Waals surface area contributed by atoms with Crippen molar-refractivity contribution in [2.75, 3.05) is 18.1 Å². The van der Waals surface area contributed by atoms with Crippen molar-refractivity contribution >= 4 is 17.6 Å². The number of aliphatic imine (C=N–C) groups is 1. The third-order valence-corrected chi connectivity index (χ3v) is 2.08. The van der Waals surface area contributed by atoms with Crippen molar-refractivity contribution in [1.82, 2.24) is 0 Å². The number of ether oxygens (including phenoxy) is 1. The molecule has 15 heavy (non-hydrogen) atoms. The summed E-state index contributed by atoms with van der Waals surface area (Å²) in [6.07, 6.45) is 0. The van der Waals surface area contributed by atoms with Crippen molar-refractivity contribution in [3.05, 3.63) is 30.3 Å². The molecule has 0 radical (unpaired) electrons. The number of anilines is 1. The molecule has 0 N–H and O–H groups in total. The van der Waals surface area contributed by atoms with Crippen LogP contribution in [0.25, 0.3) is 0 Å². The maximum absolute atomic E-state index is 11.6. The van der Waals surface area contributed by atoms with E-state index in [9.17, 15) is 4.79 Å². The third-order valence-electron chi connectivity index (χ3n) is 2.08. The molecule has 0 spiro atoms. The van der Waals surface area contributed by atoms with E-state index in [1.165, 1.54) is 4.90 Å². The van der Waals surface area contributed by atoms with E-state index < -0.39 is 0 Å². The number of carbonyl (C=O) groups is 1. The molecule has 0 aromatic heterocycles. The molecule has 2 rings (SSSR count). The van der Waals surface area contributed by atoms with Gasteiger partial charge in [-0.3, -0.25) is 4.79 Å². The molecule has 0 fully saturated rings. The van der Waals surface area contributed by atoms with Crippen molar-refractivity contribution in [2.24, 2.45) is 4.99 Å². The van der Waals surface area contributed by atoms with E-state index >= 15 is 0 Å². The molecule has 0 atom stereocenters. The summed E-state index contributed by atoms with van der Waals surface area (Å²) in [6, 6.07) is 9.78. The Kier molecular flexibility index (Phi) is 2.67. The number of rotatable bonds is 2. The highest BCUT2D eigenvalue weighted by Crippen LogP contribution is 2.18. The molecule has 1 aromatic carbocycles. The van der Waals surface area contributed by atoms with Crippen LogP contribution in [0, 0.1) is 0 Å². The Morgan fingerprint density at radius 1 is 1.40 bits per heavy atom. The second kappa shape index (κ2) is 4.13. The van der Waals surface area contributed by atoms with Gasteiger partial charge in [0.2, 0.25) is 0 Å². The minimum Gasteiger partial charge on any atom is -0.465 e. The lowest BCUT2D eigenvalue weighted by molar-refractivity contribution is -0.115. The van der Waals surface area contributed by atoms with Crippen LogP contribution in [0.1, 0.15) is 6.92 Å². The number of benzene rings is 1. The van der Waals surface area contributed by atoms with E-state index in [0.29, 0.717) is 12.6 Å². The fourth-order valence-corrected chi connectivity index (χ4v) is 1.45. The van der Waals surface area contributed by atoms with Crippen LogP contribution in [-0.2, 0) is 9.53 Å². The number of carbonyl (C=O) groups excluding carboxylic acids is 1. The smallest absolute Gasteiger partial charge is 0.299 e. The number of amides is 1. The highest BCUT2D eigenvalue weighted by Gasteiger charge is 2.27. The molecule has 0 bridgehead atoms. The maximum atomic E-state index is 11.6. The van der Waals surface area contributed by atoms with Crippen LogP contribution in [0.15, 0.2) is 35.3 Å². The zero-order valence-electron chi connectivity index (χ0n) is 8.51. The van der Waals surface area contributed by atoms with Gasteiger partial charge in [-0.1, -0.05) is 18.2 Å². The van der Waals surface area contributed by atoms with Gasteiger partial charge in [-0.2, -0.15) is 0 Å². The lowest BCUT2D eigenvalue weighted by Crippen LogP contribution is -2.33. The van der Waals surface area contributed by atoms with Gasteiger partial charge in [0.25, 0.3) is 11.9 Å². The fraction of sp³-hybridized carbons (Fsp3) is 0.273. The molecule has 4 heteroatoms. The summed E-state index contributed by atoms with van der Waals surface area (Å²) in [4.78, 5) is 17.1. The van der Waals surface area contributed by atoms with Gasteiger partial charge in [-0.05, 0) is 19.1 Å². The Morgan fingerprint density at radius 3 is 2.80 bits per heavy atom. The zero-order chi connectivity index (χ0) is 10.7. The Labute approximate surface area is 88.2 Å². The number of para-hydroxylation sites is 1. The van der Waals surface area contributed by atoms with E-state index in [0.717, 1.165) is 5.69 Å². The second-order valence-corrected chi connectivity index (χ2v) is 3.10. The topological polar surface area (TPSA) is 41.9 Å². The average molecular weight is 204 g/mol. The quantitative estimate of drug-likeness (QED) is 0.731. The van der Waals surface area contributed by atoms with E-state index in [1.807, 2.05) is 37.3 Å². The van der Waals surface area contributed by atoms with Gasteiger partial charge in [0.1, 0.15) is 6.54 Å². The van der Waals surface area contributed by atoms with E-state index in [-0.39, 0.29) is 12.5 Å². The summed E-state index contributed by atoms with van der Waals surface area (Å²) >= 11 is 0. The van der Waals surface area contributed by atoms with Gasteiger partial charge in [-0.25, -0.2) is 9.89 Å². The van der Waals surface area contributed by atoms with Crippen molar-refractivity contribution in [3.8, 4) is 0 Å². The molecule has 1 heterocycles. The lowest BCUT2D eigenvalue weighted by Gasteiger charge is -2.17. The number of nitrogens with zero attached hydrogens (tertiary/aromatic N) is 2. The minimum atomic E-state index is -0.0512. The predicted molar refractivity (Wildman–Crippen MR) is 57.9 cm³/mol. The van der Waals surface area contributed by atoms with Crippen molar-refractivity contribution in [2.45, 2.75) is 6.92 Å². The molecule has 1 amide bonds. The normalized spacial score (nSPS) is 15.4. The summed E-state index contributed by atoms with van der Waals surface area (Å²) in [5.41, 5.74) is 0.798. The Balaban J connectivity index is 2.27. The maximum Gasteiger partial charge on any atom is 0.299 e. The summed E-state index contributed by atoms with van der Waals surface area (Å²) in [6.45, 7) is 2.55. The first-order valence-corrected chi connectivity index (χ1v) is 4.88. The highest BCUT2D eigenvalue weighted by atomic mass is 16.5. The van der Waals surface area contributed by atoms with Gasteiger partial charge in [-0.15, -0.1) is 0 Å². The molecule has 0 aliphatic carbocycles. The zero-order valence-corrected chi connectivity index (χ0v) is 8.51. The summed E-state index contributed by atoms with van der Waals surface area (Å²) in [7, 11) is 0.